The minimum absolute atomic E-state index is 0.0863. The zero-order chi connectivity index (χ0) is 17.9. The van der Waals surface area contributed by atoms with Crippen LogP contribution in [0.4, 0.5) is 11.4 Å². The molecule has 0 aromatic heterocycles. The van der Waals surface area contributed by atoms with Gasteiger partial charge in [0.05, 0.1) is 5.69 Å². The van der Waals surface area contributed by atoms with Crippen LogP contribution in [0, 0.1) is 6.92 Å². The molecule has 24 heavy (non-hydrogen) atoms. The Balaban J connectivity index is 2.16. The number of amides is 2. The van der Waals surface area contributed by atoms with Gasteiger partial charge < -0.3 is 15.7 Å². The third-order valence-electron chi connectivity index (χ3n) is 3.59. The number of carbonyl (C=O) groups is 2. The summed E-state index contributed by atoms with van der Waals surface area (Å²) in [5.74, 6) is -1.70. The minimum Gasteiger partial charge on any atom is -0.506 e. The Morgan fingerprint density at radius 2 is 1.50 bits per heavy atom. The van der Waals surface area contributed by atoms with Crippen molar-refractivity contribution in [1.82, 2.24) is 0 Å². The van der Waals surface area contributed by atoms with Gasteiger partial charge in [0.25, 0.3) is 0 Å². The predicted molar refractivity (Wildman–Crippen MR) is 95.2 cm³/mol. The van der Waals surface area contributed by atoms with Crippen LogP contribution in [-0.2, 0) is 15.0 Å². The maximum Gasteiger partial charge on any atom is 0.314 e. The SMILES string of the molecule is Cc1ccc(O)c(NC(=O)C(=O)Nc2ccccc2C(C)(C)C)c1. The summed E-state index contributed by atoms with van der Waals surface area (Å²) in [6.07, 6.45) is 0. The molecule has 3 N–H and O–H groups in total. The number of nitrogens with one attached hydrogen (secondary N) is 2. The van der Waals surface area contributed by atoms with Gasteiger partial charge in [-0.3, -0.25) is 9.59 Å². The average molecular weight is 326 g/mol. The number of hydrogen-bond acceptors (Lipinski definition) is 3. The number of aryl methyl sites for hydroxylation is 1. The Kier molecular flexibility index (Phi) is 4.93. The molecule has 0 aliphatic carbocycles. The van der Waals surface area contributed by atoms with Crippen molar-refractivity contribution in [2.45, 2.75) is 33.1 Å². The van der Waals surface area contributed by atoms with Crippen molar-refractivity contribution in [2.75, 3.05) is 10.6 Å². The first-order valence-electron chi connectivity index (χ1n) is 7.70. The first kappa shape index (κ1) is 17.5. The van der Waals surface area contributed by atoms with Crippen LogP contribution >= 0.6 is 0 Å². The summed E-state index contributed by atoms with van der Waals surface area (Å²) in [6.45, 7) is 7.92. The predicted octanol–water partition coefficient (Wildman–Crippen LogP) is 3.58. The van der Waals surface area contributed by atoms with Gasteiger partial charge in [-0.15, -0.1) is 0 Å². The lowest BCUT2D eigenvalue weighted by Gasteiger charge is -2.22. The number of aromatic hydroxyl groups is 1. The van der Waals surface area contributed by atoms with E-state index in [0.29, 0.717) is 5.69 Å². The number of hydrogen-bond donors (Lipinski definition) is 3. The Labute approximate surface area is 141 Å². The van der Waals surface area contributed by atoms with Gasteiger partial charge in [-0.1, -0.05) is 45.0 Å². The molecule has 0 aliphatic rings. The molecule has 0 aliphatic heterocycles. The van der Waals surface area contributed by atoms with Crippen LogP contribution in [0.5, 0.6) is 5.75 Å². The zero-order valence-corrected chi connectivity index (χ0v) is 14.3. The molecule has 126 valence electrons. The Bertz CT molecular complexity index is 776. The van der Waals surface area contributed by atoms with Crippen molar-refractivity contribution in [2.24, 2.45) is 0 Å². The first-order chi connectivity index (χ1) is 11.2. The fourth-order valence-corrected chi connectivity index (χ4v) is 2.35. The Morgan fingerprint density at radius 3 is 2.12 bits per heavy atom. The number of carbonyl (C=O) groups excluding carboxylic acids is 2. The molecule has 0 radical (unpaired) electrons. The van der Waals surface area contributed by atoms with Crippen LogP contribution < -0.4 is 10.6 Å². The van der Waals surface area contributed by atoms with Crippen LogP contribution in [0.15, 0.2) is 42.5 Å². The molecule has 0 atom stereocenters. The van der Waals surface area contributed by atoms with Crippen LogP contribution in [0.1, 0.15) is 31.9 Å². The third-order valence-corrected chi connectivity index (χ3v) is 3.59. The number of phenols is 1. The third kappa shape index (κ3) is 4.13. The highest BCUT2D eigenvalue weighted by atomic mass is 16.3. The zero-order valence-electron chi connectivity index (χ0n) is 14.3. The van der Waals surface area contributed by atoms with E-state index >= 15 is 0 Å². The first-order valence-corrected chi connectivity index (χ1v) is 7.70. The van der Waals surface area contributed by atoms with Crippen molar-refractivity contribution >= 4 is 23.2 Å². The maximum atomic E-state index is 12.2. The second-order valence-corrected chi connectivity index (χ2v) is 6.72. The molecule has 0 unspecified atom stereocenters. The molecule has 0 saturated heterocycles. The van der Waals surface area contributed by atoms with Gasteiger partial charge in [-0.05, 0) is 41.7 Å². The number of benzene rings is 2. The fourth-order valence-electron chi connectivity index (χ4n) is 2.35. The van der Waals surface area contributed by atoms with Crippen LogP contribution in [-0.4, -0.2) is 16.9 Å². The second-order valence-electron chi connectivity index (χ2n) is 6.72. The minimum atomic E-state index is -0.834. The smallest absolute Gasteiger partial charge is 0.314 e. The van der Waals surface area contributed by atoms with E-state index in [1.165, 1.54) is 6.07 Å². The van der Waals surface area contributed by atoms with Gasteiger partial charge in [-0.25, -0.2) is 0 Å². The van der Waals surface area contributed by atoms with E-state index in [0.717, 1.165) is 11.1 Å². The summed E-state index contributed by atoms with van der Waals surface area (Å²) in [7, 11) is 0. The van der Waals surface area contributed by atoms with E-state index in [1.54, 1.807) is 24.3 Å². The van der Waals surface area contributed by atoms with E-state index < -0.39 is 11.8 Å². The van der Waals surface area contributed by atoms with E-state index in [9.17, 15) is 14.7 Å². The highest BCUT2D eigenvalue weighted by molar-refractivity contribution is 6.43. The van der Waals surface area contributed by atoms with Gasteiger partial charge in [0.15, 0.2) is 0 Å². The topological polar surface area (TPSA) is 78.4 Å². The Hall–Kier alpha value is -2.82. The standard InChI is InChI=1S/C19H22N2O3/c1-12-9-10-16(22)15(11-12)21-18(24)17(23)20-14-8-6-5-7-13(14)19(2,3)4/h5-11,22H,1-4H3,(H,20,23)(H,21,24). The molecule has 5 heteroatoms. The fraction of sp³-hybridized carbons (Fsp3) is 0.263. The molecule has 5 nitrogen and oxygen atoms in total. The van der Waals surface area contributed by atoms with E-state index in [-0.39, 0.29) is 16.9 Å². The number of anilines is 2. The van der Waals surface area contributed by atoms with Gasteiger partial charge in [0, 0.05) is 5.69 Å². The van der Waals surface area contributed by atoms with E-state index in [4.69, 9.17) is 0 Å². The van der Waals surface area contributed by atoms with Gasteiger partial charge in [-0.2, -0.15) is 0 Å². The molecule has 0 bridgehead atoms. The highest BCUT2D eigenvalue weighted by Gasteiger charge is 2.21. The average Bonchev–Trinajstić information content (AvgIpc) is 2.50. The van der Waals surface area contributed by atoms with Crippen molar-refractivity contribution in [3.05, 3.63) is 53.6 Å². The van der Waals surface area contributed by atoms with E-state index in [2.05, 4.69) is 10.6 Å². The summed E-state index contributed by atoms with van der Waals surface area (Å²) in [4.78, 5) is 24.3. The lowest BCUT2D eigenvalue weighted by atomic mass is 9.86. The quantitative estimate of drug-likeness (QED) is 0.583. The lowest BCUT2D eigenvalue weighted by Crippen LogP contribution is -2.30. The van der Waals surface area contributed by atoms with Crippen molar-refractivity contribution in [3.8, 4) is 5.75 Å². The summed E-state index contributed by atoms with van der Waals surface area (Å²) < 4.78 is 0. The van der Waals surface area contributed by atoms with E-state index in [1.807, 2.05) is 39.8 Å². The molecule has 2 aromatic rings. The Morgan fingerprint density at radius 1 is 0.917 bits per heavy atom. The summed E-state index contributed by atoms with van der Waals surface area (Å²) >= 11 is 0. The second kappa shape index (κ2) is 6.74. The molecular weight excluding hydrogens is 304 g/mol. The molecular formula is C19H22N2O3. The van der Waals surface area contributed by atoms with Crippen LogP contribution in [0.25, 0.3) is 0 Å². The normalized spacial score (nSPS) is 11.0. The molecule has 0 saturated carbocycles. The number of phenolic OH excluding ortho intramolecular Hbond substituents is 1. The largest absolute Gasteiger partial charge is 0.506 e. The number of para-hydroxylation sites is 1. The van der Waals surface area contributed by atoms with Gasteiger partial charge in [0.1, 0.15) is 5.75 Å². The highest BCUT2D eigenvalue weighted by Crippen LogP contribution is 2.29. The number of rotatable bonds is 2. The van der Waals surface area contributed by atoms with Crippen LogP contribution in [0.3, 0.4) is 0 Å². The maximum absolute atomic E-state index is 12.2. The molecule has 2 amide bonds. The lowest BCUT2D eigenvalue weighted by molar-refractivity contribution is -0.133. The van der Waals surface area contributed by atoms with Crippen LogP contribution in [0.2, 0.25) is 0 Å². The summed E-state index contributed by atoms with van der Waals surface area (Å²) in [5, 5.41) is 14.8. The van der Waals surface area contributed by atoms with Crippen molar-refractivity contribution in [1.29, 1.82) is 0 Å². The molecule has 0 heterocycles. The summed E-state index contributed by atoms with van der Waals surface area (Å²) in [5.41, 5.74) is 2.43. The monoisotopic (exact) mass is 326 g/mol. The molecule has 0 spiro atoms. The van der Waals surface area contributed by atoms with Crippen molar-refractivity contribution < 1.29 is 14.7 Å². The molecule has 2 aromatic carbocycles. The summed E-state index contributed by atoms with van der Waals surface area (Å²) in [6, 6.07) is 12.2. The molecule has 2 rings (SSSR count). The van der Waals surface area contributed by atoms with Gasteiger partial charge in [0.2, 0.25) is 0 Å². The van der Waals surface area contributed by atoms with Crippen molar-refractivity contribution in [3.63, 3.8) is 0 Å². The van der Waals surface area contributed by atoms with Gasteiger partial charge >= 0.3 is 11.8 Å². The molecule has 0 fully saturated rings.